The van der Waals surface area contributed by atoms with Crippen molar-refractivity contribution in [1.82, 2.24) is 4.98 Å². The standard InChI is InChI=1S/C16H14NO2S/c1-19-13-8-6-12(7-9-13)16-17-10-14(20-16)15(18)11-4-2-3-5-11/h2-10,15,18H,1H3/q-1. The minimum atomic E-state index is -0.602. The van der Waals surface area contributed by atoms with Crippen LogP contribution in [0, 0.1) is 0 Å². The summed E-state index contributed by atoms with van der Waals surface area (Å²) in [6.45, 7) is 0. The maximum absolute atomic E-state index is 10.3. The molecule has 0 aliphatic carbocycles. The van der Waals surface area contributed by atoms with Gasteiger partial charge in [0.25, 0.3) is 0 Å². The van der Waals surface area contributed by atoms with Crippen molar-refractivity contribution >= 4 is 11.3 Å². The molecule has 1 atom stereocenters. The lowest BCUT2D eigenvalue weighted by Crippen LogP contribution is -1.93. The van der Waals surface area contributed by atoms with Crippen molar-refractivity contribution in [2.75, 3.05) is 7.11 Å². The van der Waals surface area contributed by atoms with Gasteiger partial charge in [-0.3, -0.25) is 0 Å². The molecule has 102 valence electrons. The van der Waals surface area contributed by atoms with Crippen molar-refractivity contribution in [3.05, 3.63) is 65.2 Å². The van der Waals surface area contributed by atoms with Gasteiger partial charge in [-0.1, -0.05) is 0 Å². The fourth-order valence-electron chi connectivity index (χ4n) is 2.02. The van der Waals surface area contributed by atoms with Gasteiger partial charge in [-0.15, -0.1) is 11.3 Å². The smallest absolute Gasteiger partial charge is 0.123 e. The van der Waals surface area contributed by atoms with Gasteiger partial charge in [0, 0.05) is 16.6 Å². The highest BCUT2D eigenvalue weighted by atomic mass is 32.1. The summed E-state index contributed by atoms with van der Waals surface area (Å²) < 4.78 is 5.14. The zero-order chi connectivity index (χ0) is 13.9. The Bertz CT molecular complexity index is 671. The molecule has 20 heavy (non-hydrogen) atoms. The third kappa shape index (κ3) is 2.48. The van der Waals surface area contributed by atoms with Crippen LogP contribution in [0.2, 0.25) is 0 Å². The molecule has 1 N–H and O–H groups in total. The summed E-state index contributed by atoms with van der Waals surface area (Å²) in [5.41, 5.74) is 1.92. The molecule has 0 saturated heterocycles. The molecule has 0 aliphatic heterocycles. The van der Waals surface area contributed by atoms with Crippen LogP contribution in [0.3, 0.4) is 0 Å². The highest BCUT2D eigenvalue weighted by Gasteiger charge is 2.11. The Hall–Kier alpha value is -2.04. The fourth-order valence-corrected chi connectivity index (χ4v) is 2.95. The predicted octanol–water partition coefficient (Wildman–Crippen LogP) is 3.62. The number of methoxy groups -OCH3 is 1. The molecule has 0 saturated carbocycles. The zero-order valence-electron chi connectivity index (χ0n) is 11.0. The van der Waals surface area contributed by atoms with Crippen molar-refractivity contribution in [2.24, 2.45) is 0 Å². The number of ether oxygens (including phenoxy) is 1. The van der Waals surface area contributed by atoms with Gasteiger partial charge in [-0.2, -0.15) is 23.8 Å². The van der Waals surface area contributed by atoms with Crippen LogP contribution in [0.15, 0.2) is 54.7 Å². The van der Waals surface area contributed by atoms with Crippen LogP contribution < -0.4 is 4.74 Å². The van der Waals surface area contributed by atoms with Crippen LogP contribution in [0.4, 0.5) is 0 Å². The molecule has 1 unspecified atom stereocenters. The van der Waals surface area contributed by atoms with Gasteiger partial charge >= 0.3 is 0 Å². The Balaban J connectivity index is 1.86. The predicted molar refractivity (Wildman–Crippen MR) is 80.2 cm³/mol. The normalized spacial score (nSPS) is 12.3. The van der Waals surface area contributed by atoms with Gasteiger partial charge in [0.05, 0.1) is 13.2 Å². The summed E-state index contributed by atoms with van der Waals surface area (Å²) in [7, 11) is 1.65. The lowest BCUT2D eigenvalue weighted by atomic mass is 10.2. The summed E-state index contributed by atoms with van der Waals surface area (Å²) in [4.78, 5) is 5.24. The first-order valence-corrected chi connectivity index (χ1v) is 7.09. The number of thiazole rings is 1. The second kappa shape index (κ2) is 5.53. The van der Waals surface area contributed by atoms with E-state index in [1.165, 1.54) is 11.3 Å². The van der Waals surface area contributed by atoms with Crippen LogP contribution >= 0.6 is 11.3 Å². The van der Waals surface area contributed by atoms with Gasteiger partial charge in [0.15, 0.2) is 0 Å². The van der Waals surface area contributed by atoms with Gasteiger partial charge in [0.2, 0.25) is 0 Å². The largest absolute Gasteiger partial charge is 0.497 e. The molecule has 0 bridgehead atoms. The highest BCUT2D eigenvalue weighted by Crippen LogP contribution is 2.32. The Kier molecular flexibility index (Phi) is 3.58. The first-order valence-electron chi connectivity index (χ1n) is 6.28. The van der Waals surface area contributed by atoms with E-state index in [4.69, 9.17) is 4.74 Å². The van der Waals surface area contributed by atoms with Crippen LogP contribution in [0.25, 0.3) is 10.6 Å². The average molecular weight is 284 g/mol. The lowest BCUT2D eigenvalue weighted by molar-refractivity contribution is 0.224. The molecule has 0 amide bonds. The number of rotatable bonds is 4. The second-order valence-electron chi connectivity index (χ2n) is 4.42. The maximum Gasteiger partial charge on any atom is 0.123 e. The van der Waals surface area contributed by atoms with Crippen LogP contribution in [0.1, 0.15) is 16.5 Å². The molecule has 3 nitrogen and oxygen atoms in total. The summed E-state index contributed by atoms with van der Waals surface area (Å²) in [5.74, 6) is 0.822. The highest BCUT2D eigenvalue weighted by molar-refractivity contribution is 7.15. The molecule has 0 aliphatic rings. The molecule has 0 spiro atoms. The van der Waals surface area contributed by atoms with E-state index in [-0.39, 0.29) is 0 Å². The van der Waals surface area contributed by atoms with E-state index in [1.54, 1.807) is 13.3 Å². The minimum absolute atomic E-state index is 0.602. The van der Waals surface area contributed by atoms with Crippen molar-refractivity contribution in [2.45, 2.75) is 6.10 Å². The fraction of sp³-hybridized carbons (Fsp3) is 0.125. The Morgan fingerprint density at radius 1 is 1.25 bits per heavy atom. The van der Waals surface area contributed by atoms with E-state index in [0.717, 1.165) is 26.8 Å². The summed E-state index contributed by atoms with van der Waals surface area (Å²) in [5, 5.41) is 11.2. The van der Waals surface area contributed by atoms with Crippen LogP contribution in [-0.2, 0) is 0 Å². The third-order valence-corrected chi connectivity index (χ3v) is 4.23. The number of nitrogens with zero attached hydrogens (tertiary/aromatic N) is 1. The molecule has 0 fully saturated rings. The Morgan fingerprint density at radius 2 is 2.05 bits per heavy atom. The SMILES string of the molecule is COc1ccc(-c2ncc(C(O)c3cc[cH-]c3)s2)cc1. The van der Waals surface area contributed by atoms with E-state index in [0.29, 0.717) is 0 Å². The number of hydrogen-bond donors (Lipinski definition) is 1. The van der Waals surface area contributed by atoms with Gasteiger partial charge < -0.3 is 9.84 Å². The van der Waals surface area contributed by atoms with Crippen molar-refractivity contribution in [3.8, 4) is 16.3 Å². The number of aromatic nitrogens is 1. The molecule has 3 rings (SSSR count). The summed E-state index contributed by atoms with van der Waals surface area (Å²) in [6, 6.07) is 15.4. The Labute approximate surface area is 121 Å². The number of hydrogen-bond acceptors (Lipinski definition) is 4. The van der Waals surface area contributed by atoms with Crippen molar-refractivity contribution in [1.29, 1.82) is 0 Å². The number of benzene rings is 1. The number of aliphatic hydroxyl groups is 1. The van der Waals surface area contributed by atoms with Gasteiger partial charge in [-0.05, 0) is 24.3 Å². The zero-order valence-corrected chi connectivity index (χ0v) is 11.8. The van der Waals surface area contributed by atoms with Crippen molar-refractivity contribution < 1.29 is 9.84 Å². The van der Waals surface area contributed by atoms with Gasteiger partial charge in [0.1, 0.15) is 10.8 Å². The minimum Gasteiger partial charge on any atom is -0.497 e. The quantitative estimate of drug-likeness (QED) is 0.744. The molecule has 4 heteroatoms. The molecule has 2 aromatic carbocycles. The van der Waals surface area contributed by atoms with E-state index < -0.39 is 6.10 Å². The second-order valence-corrected chi connectivity index (χ2v) is 5.48. The molecular formula is C16H14NO2S-. The number of aliphatic hydroxyl groups excluding tert-OH is 1. The Morgan fingerprint density at radius 3 is 2.70 bits per heavy atom. The first-order chi connectivity index (χ1) is 9.78. The maximum atomic E-state index is 10.3. The summed E-state index contributed by atoms with van der Waals surface area (Å²) in [6.07, 6.45) is 1.14. The molecule has 0 radical (unpaired) electrons. The molecule has 3 aromatic rings. The topological polar surface area (TPSA) is 42.4 Å². The van der Waals surface area contributed by atoms with E-state index in [2.05, 4.69) is 4.98 Å². The summed E-state index contributed by atoms with van der Waals surface area (Å²) >= 11 is 1.50. The van der Waals surface area contributed by atoms with E-state index in [1.807, 2.05) is 48.5 Å². The monoisotopic (exact) mass is 284 g/mol. The van der Waals surface area contributed by atoms with Crippen molar-refractivity contribution in [3.63, 3.8) is 0 Å². The third-order valence-electron chi connectivity index (χ3n) is 3.13. The molecular weight excluding hydrogens is 270 g/mol. The van der Waals surface area contributed by atoms with Gasteiger partial charge in [-0.25, -0.2) is 11.1 Å². The van der Waals surface area contributed by atoms with Crippen LogP contribution in [0.5, 0.6) is 5.75 Å². The molecule has 1 aromatic heterocycles. The van der Waals surface area contributed by atoms with Crippen LogP contribution in [-0.4, -0.2) is 17.2 Å². The van der Waals surface area contributed by atoms with E-state index in [9.17, 15) is 5.11 Å². The lowest BCUT2D eigenvalue weighted by Gasteiger charge is -2.11. The molecule has 1 heterocycles. The first kappa shape index (κ1) is 13.0. The average Bonchev–Trinajstić information content (AvgIpc) is 3.18. The van der Waals surface area contributed by atoms with E-state index >= 15 is 0 Å².